The molecule has 0 radical (unpaired) electrons. The number of aldehydes is 1. The zero-order chi connectivity index (χ0) is 12.8. The van der Waals surface area contributed by atoms with Crippen LogP contribution in [-0.4, -0.2) is 10.9 Å². The molecule has 1 aromatic carbocycles. The fraction of sp³-hybridized carbons (Fsp3) is 0.154. The summed E-state index contributed by atoms with van der Waals surface area (Å²) in [4.78, 5) is 10.1. The molecule has 2 rings (SSSR count). The van der Waals surface area contributed by atoms with Crippen molar-refractivity contribution in [2.24, 2.45) is 7.05 Å². The fourth-order valence-electron chi connectivity index (χ4n) is 1.21. The van der Waals surface area contributed by atoms with E-state index in [9.17, 15) is 4.79 Å². The number of hydrogen-bond donors (Lipinski definition) is 1. The number of nitrogens with two attached hydrogens (primary N) is 1. The minimum absolute atomic E-state index is 0.657. The van der Waals surface area contributed by atoms with Gasteiger partial charge in [0.05, 0.1) is 4.60 Å². The zero-order valence-electron chi connectivity index (χ0n) is 9.85. The van der Waals surface area contributed by atoms with Crippen molar-refractivity contribution in [3.8, 4) is 0 Å². The highest BCUT2D eigenvalue weighted by Crippen LogP contribution is 2.14. The fourth-order valence-corrected chi connectivity index (χ4v) is 1.46. The smallest absolute Gasteiger partial charge is 0.150 e. The number of carbonyl (C=O) groups is 1. The second-order valence-corrected chi connectivity index (χ2v) is 4.44. The molecule has 1 aromatic heterocycles. The molecule has 0 aliphatic rings. The van der Waals surface area contributed by atoms with Gasteiger partial charge in [-0.25, -0.2) is 0 Å². The summed E-state index contributed by atoms with van der Waals surface area (Å²) in [6.07, 6.45) is 2.82. The van der Waals surface area contributed by atoms with Gasteiger partial charge in [-0.05, 0) is 58.7 Å². The molecule has 0 saturated heterocycles. The van der Waals surface area contributed by atoms with Crippen LogP contribution < -0.4 is 5.73 Å². The Morgan fingerprint density at radius 2 is 1.82 bits per heavy atom. The maximum atomic E-state index is 10.1. The number of carbonyl (C=O) groups excluding carboxylic acids is 1. The van der Waals surface area contributed by atoms with Crippen LogP contribution >= 0.6 is 15.9 Å². The van der Waals surface area contributed by atoms with Crippen molar-refractivity contribution in [2.45, 2.75) is 6.92 Å². The number of hydrogen-bond acceptors (Lipinski definition) is 2. The average Bonchev–Trinajstić information content (AvgIpc) is 2.62. The lowest BCUT2D eigenvalue weighted by Gasteiger charge is -1.91. The van der Waals surface area contributed by atoms with Crippen molar-refractivity contribution in [1.29, 1.82) is 0 Å². The van der Waals surface area contributed by atoms with Crippen LogP contribution in [0.4, 0.5) is 5.69 Å². The lowest BCUT2D eigenvalue weighted by atomic mass is 10.2. The first-order chi connectivity index (χ1) is 8.04. The molecular formula is C13H15BrN2O. The highest BCUT2D eigenvalue weighted by atomic mass is 79.9. The van der Waals surface area contributed by atoms with Crippen molar-refractivity contribution in [3.05, 3.63) is 52.3 Å². The second-order valence-electron chi connectivity index (χ2n) is 3.68. The van der Waals surface area contributed by atoms with E-state index in [0.717, 1.165) is 10.9 Å². The van der Waals surface area contributed by atoms with Crippen LogP contribution in [0.1, 0.15) is 15.9 Å². The Hall–Kier alpha value is -1.55. The van der Waals surface area contributed by atoms with Gasteiger partial charge in [0.15, 0.2) is 0 Å². The maximum absolute atomic E-state index is 10.1. The van der Waals surface area contributed by atoms with Gasteiger partial charge < -0.3 is 10.3 Å². The Labute approximate surface area is 109 Å². The Morgan fingerprint density at radius 1 is 1.24 bits per heavy atom. The summed E-state index contributed by atoms with van der Waals surface area (Å²) >= 11 is 3.41. The van der Waals surface area contributed by atoms with Crippen LogP contribution in [0.25, 0.3) is 0 Å². The Bertz CT molecular complexity index is 469. The van der Waals surface area contributed by atoms with Crippen molar-refractivity contribution in [1.82, 2.24) is 4.57 Å². The first kappa shape index (κ1) is 13.5. The van der Waals surface area contributed by atoms with Gasteiger partial charge >= 0.3 is 0 Å². The number of rotatable bonds is 1. The number of nitrogens with zero attached hydrogens (tertiary/aromatic N) is 1. The number of benzene rings is 1. The van der Waals surface area contributed by atoms with Crippen molar-refractivity contribution in [2.75, 3.05) is 5.73 Å². The third kappa shape index (κ3) is 4.07. The molecule has 0 saturated carbocycles. The van der Waals surface area contributed by atoms with E-state index in [-0.39, 0.29) is 0 Å². The molecule has 0 atom stereocenters. The van der Waals surface area contributed by atoms with Gasteiger partial charge in [0.25, 0.3) is 0 Å². The van der Waals surface area contributed by atoms with Crippen LogP contribution in [0.5, 0.6) is 0 Å². The van der Waals surface area contributed by atoms with Crippen molar-refractivity contribution >= 4 is 27.9 Å². The molecule has 1 heterocycles. The number of aryl methyl sites for hydroxylation is 2. The van der Waals surface area contributed by atoms with Crippen LogP contribution in [0.3, 0.4) is 0 Å². The lowest BCUT2D eigenvalue weighted by molar-refractivity contribution is 0.112. The molecule has 90 valence electrons. The molecule has 0 unspecified atom stereocenters. The molecule has 0 amide bonds. The molecule has 0 spiro atoms. The quantitative estimate of drug-likeness (QED) is 0.649. The van der Waals surface area contributed by atoms with Crippen molar-refractivity contribution in [3.63, 3.8) is 0 Å². The van der Waals surface area contributed by atoms with Gasteiger partial charge in [0, 0.05) is 24.5 Å². The summed E-state index contributed by atoms with van der Waals surface area (Å²) in [5, 5.41) is 0. The first-order valence-electron chi connectivity index (χ1n) is 5.12. The van der Waals surface area contributed by atoms with E-state index >= 15 is 0 Å². The van der Waals surface area contributed by atoms with E-state index in [1.54, 1.807) is 24.3 Å². The SMILES string of the molecule is Cc1ccn(C)c1Br.Nc1ccc(C=O)cc1. The van der Waals surface area contributed by atoms with Crippen molar-refractivity contribution < 1.29 is 4.79 Å². The van der Waals surface area contributed by atoms with E-state index in [1.165, 1.54) is 5.56 Å². The number of anilines is 1. The molecule has 17 heavy (non-hydrogen) atoms. The summed E-state index contributed by atoms with van der Waals surface area (Å²) in [5.74, 6) is 0. The van der Waals surface area contributed by atoms with E-state index in [1.807, 2.05) is 17.8 Å². The Kier molecular flexibility index (Phi) is 4.97. The summed E-state index contributed by atoms with van der Waals surface area (Å²) in [6, 6.07) is 8.84. The van der Waals surface area contributed by atoms with Gasteiger partial charge in [-0.15, -0.1) is 0 Å². The van der Waals surface area contributed by atoms with E-state index < -0.39 is 0 Å². The van der Waals surface area contributed by atoms with Gasteiger partial charge in [-0.3, -0.25) is 4.79 Å². The normalized spacial score (nSPS) is 9.35. The van der Waals surface area contributed by atoms with Gasteiger partial charge in [-0.2, -0.15) is 0 Å². The predicted molar refractivity (Wildman–Crippen MR) is 74.1 cm³/mol. The van der Waals surface area contributed by atoms with E-state index in [0.29, 0.717) is 11.3 Å². The largest absolute Gasteiger partial charge is 0.399 e. The van der Waals surface area contributed by atoms with Gasteiger partial charge in [-0.1, -0.05) is 0 Å². The minimum atomic E-state index is 0.657. The van der Waals surface area contributed by atoms with Crippen LogP contribution in [0.15, 0.2) is 41.1 Å². The van der Waals surface area contributed by atoms with E-state index in [4.69, 9.17) is 5.73 Å². The highest BCUT2D eigenvalue weighted by Gasteiger charge is 1.94. The number of nitrogen functional groups attached to an aromatic ring is 1. The molecule has 0 aliphatic heterocycles. The molecule has 0 bridgehead atoms. The van der Waals surface area contributed by atoms with Crippen LogP contribution in [0, 0.1) is 6.92 Å². The van der Waals surface area contributed by atoms with Crippen LogP contribution in [0.2, 0.25) is 0 Å². The average molecular weight is 295 g/mol. The summed E-state index contributed by atoms with van der Waals surface area (Å²) in [7, 11) is 2.01. The molecule has 2 aromatic rings. The summed E-state index contributed by atoms with van der Waals surface area (Å²) in [5.41, 5.74) is 7.99. The molecule has 2 N–H and O–H groups in total. The first-order valence-corrected chi connectivity index (χ1v) is 5.92. The van der Waals surface area contributed by atoms with Gasteiger partial charge in [0.2, 0.25) is 0 Å². The standard InChI is InChI=1S/C7H7NO.C6H8BrN/c8-7-3-1-6(5-9)2-4-7;1-5-3-4-8(2)6(5)7/h1-5H,8H2;3-4H,1-2H3. The van der Waals surface area contributed by atoms with Crippen LogP contribution in [-0.2, 0) is 7.05 Å². The Balaban J connectivity index is 0.000000171. The van der Waals surface area contributed by atoms with Gasteiger partial charge in [0.1, 0.15) is 6.29 Å². The third-order valence-electron chi connectivity index (χ3n) is 2.26. The topological polar surface area (TPSA) is 48.0 Å². The summed E-state index contributed by atoms with van der Waals surface area (Å²) in [6.45, 7) is 2.07. The predicted octanol–water partition coefficient (Wildman–Crippen LogP) is 3.18. The number of aromatic nitrogens is 1. The highest BCUT2D eigenvalue weighted by molar-refractivity contribution is 9.10. The molecule has 4 heteroatoms. The zero-order valence-corrected chi connectivity index (χ0v) is 11.4. The molecule has 0 fully saturated rings. The summed E-state index contributed by atoms with van der Waals surface area (Å²) < 4.78 is 3.20. The van der Waals surface area contributed by atoms with E-state index in [2.05, 4.69) is 28.9 Å². The minimum Gasteiger partial charge on any atom is -0.399 e. The monoisotopic (exact) mass is 294 g/mol. The maximum Gasteiger partial charge on any atom is 0.150 e. The second kappa shape index (κ2) is 6.25. The molecule has 3 nitrogen and oxygen atoms in total. The third-order valence-corrected chi connectivity index (χ3v) is 3.44. The Morgan fingerprint density at radius 3 is 2.12 bits per heavy atom. The molecular weight excluding hydrogens is 280 g/mol. The molecule has 0 aliphatic carbocycles. The number of halogens is 1. The lowest BCUT2D eigenvalue weighted by Crippen LogP contribution is -1.84.